The lowest BCUT2D eigenvalue weighted by Gasteiger charge is -2.31. The van der Waals surface area contributed by atoms with Crippen molar-refractivity contribution in [1.82, 2.24) is 0 Å². The quantitative estimate of drug-likeness (QED) is 0.856. The molecule has 0 bridgehead atoms. The van der Waals surface area contributed by atoms with E-state index in [0.717, 1.165) is 47.6 Å². The molecular formula is C19H23N3O. The highest BCUT2D eigenvalue weighted by atomic mass is 16.2. The molecule has 0 spiro atoms. The highest BCUT2D eigenvalue weighted by Crippen LogP contribution is 2.31. The molecule has 1 amide bonds. The van der Waals surface area contributed by atoms with Gasteiger partial charge >= 0.3 is 0 Å². The molecule has 0 aromatic heterocycles. The van der Waals surface area contributed by atoms with Gasteiger partial charge in [0.05, 0.1) is 6.54 Å². The molecule has 4 nitrogen and oxygen atoms in total. The molecule has 0 saturated carbocycles. The average molecular weight is 309 g/mol. The Hall–Kier alpha value is -2.49. The number of carbonyl (C=O) groups excluding carboxylic acids is 1. The van der Waals surface area contributed by atoms with E-state index in [0.29, 0.717) is 6.54 Å². The summed E-state index contributed by atoms with van der Waals surface area (Å²) in [5.74, 6) is 0.00669. The lowest BCUT2D eigenvalue weighted by Crippen LogP contribution is -2.37. The van der Waals surface area contributed by atoms with Gasteiger partial charge in [-0.1, -0.05) is 23.8 Å². The standard InChI is InChI=1S/C19H23N3O/c1-13-8-9-17(14(2)11-13)21-19(23)12-22-10-4-5-15-16(20)6-3-7-18(15)22/h3,6-9,11H,4-5,10,12,20H2,1-2H3,(H,21,23). The zero-order valence-electron chi connectivity index (χ0n) is 13.7. The summed E-state index contributed by atoms with van der Waals surface area (Å²) in [4.78, 5) is 14.5. The van der Waals surface area contributed by atoms with Crippen molar-refractivity contribution in [3.63, 3.8) is 0 Å². The van der Waals surface area contributed by atoms with Gasteiger partial charge in [0.25, 0.3) is 0 Å². The third-order valence-electron chi connectivity index (χ3n) is 4.37. The van der Waals surface area contributed by atoms with Crippen LogP contribution in [-0.2, 0) is 11.2 Å². The number of hydrogen-bond donors (Lipinski definition) is 2. The number of aryl methyl sites for hydroxylation is 2. The van der Waals surface area contributed by atoms with Crippen LogP contribution in [0.2, 0.25) is 0 Å². The number of hydrogen-bond acceptors (Lipinski definition) is 3. The normalized spacial score (nSPS) is 13.6. The number of carbonyl (C=O) groups is 1. The van der Waals surface area contributed by atoms with Crippen LogP contribution in [0.4, 0.5) is 17.1 Å². The summed E-state index contributed by atoms with van der Waals surface area (Å²) in [7, 11) is 0. The summed E-state index contributed by atoms with van der Waals surface area (Å²) in [6.45, 7) is 5.30. The van der Waals surface area contributed by atoms with Gasteiger partial charge in [0.15, 0.2) is 0 Å². The summed E-state index contributed by atoms with van der Waals surface area (Å²) >= 11 is 0. The van der Waals surface area contributed by atoms with Gasteiger partial charge in [0, 0.05) is 23.6 Å². The number of rotatable bonds is 3. The van der Waals surface area contributed by atoms with Crippen LogP contribution in [0.15, 0.2) is 36.4 Å². The molecule has 3 rings (SSSR count). The average Bonchev–Trinajstić information content (AvgIpc) is 2.51. The molecule has 120 valence electrons. The first-order chi connectivity index (χ1) is 11.0. The van der Waals surface area contributed by atoms with Crippen molar-refractivity contribution in [3.8, 4) is 0 Å². The molecule has 0 saturated heterocycles. The Morgan fingerprint density at radius 1 is 1.26 bits per heavy atom. The fourth-order valence-electron chi connectivity index (χ4n) is 3.21. The molecule has 0 radical (unpaired) electrons. The number of benzene rings is 2. The smallest absolute Gasteiger partial charge is 0.243 e. The van der Waals surface area contributed by atoms with E-state index in [4.69, 9.17) is 5.73 Å². The monoisotopic (exact) mass is 309 g/mol. The van der Waals surface area contributed by atoms with E-state index >= 15 is 0 Å². The fraction of sp³-hybridized carbons (Fsp3) is 0.316. The first-order valence-electron chi connectivity index (χ1n) is 8.04. The molecule has 0 fully saturated rings. The van der Waals surface area contributed by atoms with Crippen molar-refractivity contribution in [2.45, 2.75) is 26.7 Å². The molecule has 1 heterocycles. The number of nitrogens with one attached hydrogen (secondary N) is 1. The van der Waals surface area contributed by atoms with Gasteiger partial charge in [-0.25, -0.2) is 0 Å². The summed E-state index contributed by atoms with van der Waals surface area (Å²) in [5.41, 5.74) is 12.3. The van der Waals surface area contributed by atoms with Gasteiger partial charge in [-0.15, -0.1) is 0 Å². The Bertz CT molecular complexity index is 739. The van der Waals surface area contributed by atoms with Crippen LogP contribution in [0, 0.1) is 13.8 Å². The van der Waals surface area contributed by atoms with Crippen molar-refractivity contribution in [3.05, 3.63) is 53.1 Å². The number of fused-ring (bicyclic) bond motifs is 1. The zero-order chi connectivity index (χ0) is 16.4. The van der Waals surface area contributed by atoms with Crippen molar-refractivity contribution in [1.29, 1.82) is 0 Å². The molecule has 0 unspecified atom stereocenters. The van der Waals surface area contributed by atoms with Gasteiger partial charge in [-0.3, -0.25) is 4.79 Å². The van der Waals surface area contributed by atoms with Crippen LogP contribution in [0.3, 0.4) is 0 Å². The second-order valence-electron chi connectivity index (χ2n) is 6.24. The Morgan fingerprint density at radius 3 is 2.87 bits per heavy atom. The van der Waals surface area contributed by atoms with Crippen molar-refractivity contribution in [2.24, 2.45) is 0 Å². The highest BCUT2D eigenvalue weighted by Gasteiger charge is 2.20. The number of nitrogens with two attached hydrogens (primary N) is 1. The second-order valence-corrected chi connectivity index (χ2v) is 6.24. The molecule has 0 aliphatic carbocycles. The molecule has 23 heavy (non-hydrogen) atoms. The van der Waals surface area contributed by atoms with Gasteiger partial charge in [0.2, 0.25) is 5.91 Å². The van der Waals surface area contributed by atoms with E-state index in [1.54, 1.807) is 0 Å². The second kappa shape index (κ2) is 6.32. The van der Waals surface area contributed by atoms with E-state index < -0.39 is 0 Å². The maximum absolute atomic E-state index is 12.4. The number of nitrogens with zero attached hydrogens (tertiary/aromatic N) is 1. The van der Waals surface area contributed by atoms with E-state index in [-0.39, 0.29) is 5.91 Å². The summed E-state index contributed by atoms with van der Waals surface area (Å²) in [6.07, 6.45) is 2.01. The maximum atomic E-state index is 12.4. The van der Waals surface area contributed by atoms with Crippen LogP contribution in [0.25, 0.3) is 0 Å². The van der Waals surface area contributed by atoms with Crippen molar-refractivity contribution in [2.75, 3.05) is 29.0 Å². The molecule has 4 heteroatoms. The van der Waals surface area contributed by atoms with Crippen LogP contribution >= 0.6 is 0 Å². The van der Waals surface area contributed by atoms with Gasteiger partial charge < -0.3 is 16.0 Å². The molecule has 2 aromatic carbocycles. The largest absolute Gasteiger partial charge is 0.398 e. The third kappa shape index (κ3) is 3.31. The Balaban J connectivity index is 1.73. The van der Waals surface area contributed by atoms with E-state index in [2.05, 4.69) is 22.3 Å². The van der Waals surface area contributed by atoms with Crippen LogP contribution in [0.1, 0.15) is 23.1 Å². The molecule has 1 aliphatic rings. The van der Waals surface area contributed by atoms with E-state index in [9.17, 15) is 4.79 Å². The number of nitrogen functional groups attached to an aromatic ring is 1. The van der Waals surface area contributed by atoms with Crippen LogP contribution in [-0.4, -0.2) is 19.0 Å². The lowest BCUT2D eigenvalue weighted by atomic mass is 10.00. The van der Waals surface area contributed by atoms with Crippen molar-refractivity contribution >= 4 is 23.0 Å². The van der Waals surface area contributed by atoms with E-state index in [1.165, 1.54) is 5.56 Å². The predicted molar refractivity (Wildman–Crippen MR) is 95.9 cm³/mol. The Labute approximate surface area is 137 Å². The highest BCUT2D eigenvalue weighted by molar-refractivity contribution is 5.95. The minimum absolute atomic E-state index is 0.00669. The first kappa shape index (κ1) is 15.4. The molecular weight excluding hydrogens is 286 g/mol. The SMILES string of the molecule is Cc1ccc(NC(=O)CN2CCCc3c(N)cccc32)c(C)c1. The lowest BCUT2D eigenvalue weighted by molar-refractivity contribution is -0.115. The van der Waals surface area contributed by atoms with Crippen LogP contribution in [0.5, 0.6) is 0 Å². The van der Waals surface area contributed by atoms with Gasteiger partial charge in [-0.05, 0) is 56.0 Å². The first-order valence-corrected chi connectivity index (χ1v) is 8.04. The predicted octanol–water partition coefficient (Wildman–Crippen LogP) is 3.28. The molecule has 1 aliphatic heterocycles. The molecule has 2 aromatic rings. The fourth-order valence-corrected chi connectivity index (χ4v) is 3.21. The number of anilines is 3. The van der Waals surface area contributed by atoms with Gasteiger partial charge in [-0.2, -0.15) is 0 Å². The number of amides is 1. The minimum atomic E-state index is 0.00669. The third-order valence-corrected chi connectivity index (χ3v) is 4.37. The topological polar surface area (TPSA) is 58.4 Å². The minimum Gasteiger partial charge on any atom is -0.398 e. The Kier molecular flexibility index (Phi) is 4.24. The van der Waals surface area contributed by atoms with Gasteiger partial charge in [0.1, 0.15) is 0 Å². The van der Waals surface area contributed by atoms with Crippen molar-refractivity contribution < 1.29 is 4.79 Å². The molecule has 3 N–H and O–H groups in total. The van der Waals surface area contributed by atoms with E-state index in [1.807, 2.05) is 38.1 Å². The summed E-state index contributed by atoms with van der Waals surface area (Å²) in [6, 6.07) is 12.0. The maximum Gasteiger partial charge on any atom is 0.243 e. The summed E-state index contributed by atoms with van der Waals surface area (Å²) in [5, 5.41) is 3.02. The zero-order valence-corrected chi connectivity index (χ0v) is 13.7. The molecule has 0 atom stereocenters. The Morgan fingerprint density at radius 2 is 2.09 bits per heavy atom. The van der Waals surface area contributed by atoms with Crippen LogP contribution < -0.4 is 16.0 Å². The summed E-state index contributed by atoms with van der Waals surface area (Å²) < 4.78 is 0.